The minimum Gasteiger partial charge on any atom is -0.330 e. The average molecular weight is 222 g/mol. The molecule has 0 aliphatic heterocycles. The molecule has 1 heterocycles. The standard InChI is InChI=1S/C12H12F2N2/c13-12(14)5-9(6-12)7-16-8-15-10-3-1-2-4-11(10)16/h1-4,8-9H,5-7H2. The van der Waals surface area contributed by atoms with Gasteiger partial charge in [0, 0.05) is 19.4 Å². The lowest BCUT2D eigenvalue weighted by molar-refractivity contribution is -0.113. The van der Waals surface area contributed by atoms with Crippen LogP contribution >= 0.6 is 0 Å². The molecule has 1 aliphatic rings. The van der Waals surface area contributed by atoms with Crippen molar-refractivity contribution in [1.29, 1.82) is 0 Å². The molecule has 1 aromatic heterocycles. The fourth-order valence-electron chi connectivity index (χ4n) is 2.35. The lowest BCUT2D eigenvalue weighted by Crippen LogP contribution is -2.37. The zero-order chi connectivity index (χ0) is 11.2. The highest BCUT2D eigenvalue weighted by Gasteiger charge is 2.45. The summed E-state index contributed by atoms with van der Waals surface area (Å²) in [6.45, 7) is 0.649. The number of alkyl halides is 2. The second kappa shape index (κ2) is 3.27. The van der Waals surface area contributed by atoms with E-state index in [4.69, 9.17) is 0 Å². The van der Waals surface area contributed by atoms with E-state index in [2.05, 4.69) is 4.98 Å². The number of hydrogen-bond acceptors (Lipinski definition) is 1. The van der Waals surface area contributed by atoms with E-state index in [1.54, 1.807) is 6.33 Å². The Kier molecular flexibility index (Phi) is 1.99. The van der Waals surface area contributed by atoms with Crippen LogP contribution in [-0.2, 0) is 6.54 Å². The lowest BCUT2D eigenvalue weighted by Gasteiger charge is -2.35. The predicted octanol–water partition coefficient (Wildman–Crippen LogP) is 3.08. The highest BCUT2D eigenvalue weighted by molar-refractivity contribution is 5.74. The molecule has 4 heteroatoms. The maximum Gasteiger partial charge on any atom is 0.248 e. The zero-order valence-electron chi connectivity index (χ0n) is 8.74. The van der Waals surface area contributed by atoms with Crippen molar-refractivity contribution >= 4 is 11.0 Å². The van der Waals surface area contributed by atoms with Gasteiger partial charge in [-0.1, -0.05) is 12.1 Å². The number of fused-ring (bicyclic) bond motifs is 1. The Labute approximate surface area is 91.9 Å². The molecular weight excluding hydrogens is 210 g/mol. The first-order chi connectivity index (χ1) is 7.64. The lowest BCUT2D eigenvalue weighted by atomic mass is 9.81. The van der Waals surface area contributed by atoms with Gasteiger partial charge in [-0.25, -0.2) is 13.8 Å². The molecule has 0 atom stereocenters. The van der Waals surface area contributed by atoms with Crippen molar-refractivity contribution in [2.24, 2.45) is 5.92 Å². The summed E-state index contributed by atoms with van der Waals surface area (Å²) >= 11 is 0. The van der Waals surface area contributed by atoms with Crippen LogP contribution in [0.15, 0.2) is 30.6 Å². The van der Waals surface area contributed by atoms with Gasteiger partial charge in [0.15, 0.2) is 0 Å². The molecule has 0 N–H and O–H groups in total. The molecular formula is C12H12F2N2. The Morgan fingerprint density at radius 1 is 1.31 bits per heavy atom. The van der Waals surface area contributed by atoms with Crippen molar-refractivity contribution in [3.63, 3.8) is 0 Å². The van der Waals surface area contributed by atoms with Crippen LogP contribution in [0.1, 0.15) is 12.8 Å². The van der Waals surface area contributed by atoms with Gasteiger partial charge < -0.3 is 4.57 Å². The smallest absolute Gasteiger partial charge is 0.248 e. The number of imidazole rings is 1. The first-order valence-corrected chi connectivity index (χ1v) is 5.42. The van der Waals surface area contributed by atoms with Crippen LogP contribution in [0.3, 0.4) is 0 Å². The van der Waals surface area contributed by atoms with Crippen molar-refractivity contribution < 1.29 is 8.78 Å². The molecule has 1 fully saturated rings. The molecule has 0 unspecified atom stereocenters. The van der Waals surface area contributed by atoms with Gasteiger partial charge in [0.05, 0.1) is 17.4 Å². The monoisotopic (exact) mass is 222 g/mol. The van der Waals surface area contributed by atoms with Crippen LogP contribution in [0.2, 0.25) is 0 Å². The second-order valence-corrected chi connectivity index (χ2v) is 4.52. The SMILES string of the molecule is FC1(F)CC(Cn2cnc3ccccc32)C1. The van der Waals surface area contributed by atoms with Crippen molar-refractivity contribution in [3.8, 4) is 0 Å². The van der Waals surface area contributed by atoms with Gasteiger partial charge in [-0.3, -0.25) is 0 Å². The van der Waals surface area contributed by atoms with E-state index in [0.717, 1.165) is 11.0 Å². The van der Waals surface area contributed by atoms with Gasteiger partial charge in [0.2, 0.25) is 5.92 Å². The van der Waals surface area contributed by atoms with Crippen molar-refractivity contribution in [2.45, 2.75) is 25.3 Å². The van der Waals surface area contributed by atoms with Crippen LogP contribution in [-0.4, -0.2) is 15.5 Å². The predicted molar refractivity (Wildman–Crippen MR) is 57.4 cm³/mol. The second-order valence-electron chi connectivity index (χ2n) is 4.52. The summed E-state index contributed by atoms with van der Waals surface area (Å²) in [5, 5.41) is 0. The van der Waals surface area contributed by atoms with Gasteiger partial charge in [0.25, 0.3) is 0 Å². The van der Waals surface area contributed by atoms with E-state index in [0.29, 0.717) is 6.54 Å². The zero-order valence-corrected chi connectivity index (χ0v) is 8.74. The highest BCUT2D eigenvalue weighted by Crippen LogP contribution is 2.43. The number of aromatic nitrogens is 2. The van der Waals surface area contributed by atoms with E-state index in [-0.39, 0.29) is 18.8 Å². The van der Waals surface area contributed by atoms with Crippen LogP contribution in [0.25, 0.3) is 11.0 Å². The van der Waals surface area contributed by atoms with E-state index in [1.807, 2.05) is 28.8 Å². The van der Waals surface area contributed by atoms with Crippen LogP contribution in [0.5, 0.6) is 0 Å². The summed E-state index contributed by atoms with van der Waals surface area (Å²) in [4.78, 5) is 4.24. The van der Waals surface area contributed by atoms with E-state index < -0.39 is 5.92 Å². The fraction of sp³-hybridized carbons (Fsp3) is 0.417. The maximum atomic E-state index is 12.7. The summed E-state index contributed by atoms with van der Waals surface area (Å²) in [6, 6.07) is 7.77. The molecule has 16 heavy (non-hydrogen) atoms. The first kappa shape index (κ1) is 9.75. The number of halogens is 2. The minimum atomic E-state index is -2.43. The molecule has 3 rings (SSSR count). The average Bonchev–Trinajstić information content (AvgIpc) is 2.59. The molecule has 0 saturated heterocycles. The third-order valence-electron chi connectivity index (χ3n) is 3.16. The van der Waals surface area contributed by atoms with E-state index in [9.17, 15) is 8.78 Å². The largest absolute Gasteiger partial charge is 0.330 e. The molecule has 1 aromatic carbocycles. The molecule has 2 aromatic rings. The number of nitrogens with zero attached hydrogens (tertiary/aromatic N) is 2. The first-order valence-electron chi connectivity index (χ1n) is 5.42. The highest BCUT2D eigenvalue weighted by atomic mass is 19.3. The number of benzene rings is 1. The Bertz CT molecular complexity index is 510. The van der Waals surface area contributed by atoms with Gasteiger partial charge in [-0.05, 0) is 18.1 Å². The number of hydrogen-bond donors (Lipinski definition) is 0. The Hall–Kier alpha value is -1.45. The van der Waals surface area contributed by atoms with Crippen molar-refractivity contribution in [2.75, 3.05) is 0 Å². The third-order valence-corrected chi connectivity index (χ3v) is 3.16. The van der Waals surface area contributed by atoms with Gasteiger partial charge in [-0.2, -0.15) is 0 Å². The number of para-hydroxylation sites is 2. The van der Waals surface area contributed by atoms with Gasteiger partial charge in [0.1, 0.15) is 0 Å². The van der Waals surface area contributed by atoms with Gasteiger partial charge in [-0.15, -0.1) is 0 Å². The summed E-state index contributed by atoms with van der Waals surface area (Å²) in [5.41, 5.74) is 1.95. The summed E-state index contributed by atoms with van der Waals surface area (Å²) in [7, 11) is 0. The van der Waals surface area contributed by atoms with E-state index in [1.165, 1.54) is 0 Å². The van der Waals surface area contributed by atoms with E-state index >= 15 is 0 Å². The summed E-state index contributed by atoms with van der Waals surface area (Å²) < 4.78 is 27.4. The van der Waals surface area contributed by atoms with Crippen LogP contribution < -0.4 is 0 Å². The molecule has 0 amide bonds. The third kappa shape index (κ3) is 1.58. The Morgan fingerprint density at radius 2 is 2.06 bits per heavy atom. The topological polar surface area (TPSA) is 17.8 Å². The normalized spacial score (nSPS) is 19.9. The quantitative estimate of drug-likeness (QED) is 0.763. The Balaban J connectivity index is 1.80. The van der Waals surface area contributed by atoms with Crippen LogP contribution in [0.4, 0.5) is 8.78 Å². The molecule has 0 bridgehead atoms. The van der Waals surface area contributed by atoms with Crippen molar-refractivity contribution in [3.05, 3.63) is 30.6 Å². The summed E-state index contributed by atoms with van der Waals surface area (Å²) in [5.74, 6) is -2.34. The Morgan fingerprint density at radius 3 is 2.81 bits per heavy atom. The number of rotatable bonds is 2. The fourth-order valence-corrected chi connectivity index (χ4v) is 2.35. The van der Waals surface area contributed by atoms with Crippen LogP contribution in [0, 0.1) is 5.92 Å². The summed E-state index contributed by atoms with van der Waals surface area (Å²) in [6.07, 6.45) is 1.76. The molecule has 1 saturated carbocycles. The molecule has 2 nitrogen and oxygen atoms in total. The molecule has 84 valence electrons. The molecule has 1 aliphatic carbocycles. The maximum absolute atomic E-state index is 12.7. The minimum absolute atomic E-state index is 0.0134. The molecule has 0 radical (unpaired) electrons. The van der Waals surface area contributed by atoms with Gasteiger partial charge >= 0.3 is 0 Å². The van der Waals surface area contributed by atoms with Crippen molar-refractivity contribution in [1.82, 2.24) is 9.55 Å². The molecule has 0 spiro atoms.